The lowest BCUT2D eigenvalue weighted by atomic mass is 9.81. The summed E-state index contributed by atoms with van der Waals surface area (Å²) in [6.07, 6.45) is 1.76. The summed E-state index contributed by atoms with van der Waals surface area (Å²) >= 11 is 0. The molecule has 1 aromatic rings. The second kappa shape index (κ2) is 5.39. The van der Waals surface area contributed by atoms with Crippen LogP contribution < -0.4 is 5.32 Å². The number of para-hydroxylation sites is 1. The normalized spacial score (nSPS) is 21.9. The van der Waals surface area contributed by atoms with Gasteiger partial charge in [0.15, 0.2) is 0 Å². The van der Waals surface area contributed by atoms with Crippen molar-refractivity contribution in [2.75, 3.05) is 32.5 Å². The van der Waals surface area contributed by atoms with E-state index in [-0.39, 0.29) is 17.9 Å². The first-order valence-corrected chi connectivity index (χ1v) is 7.44. The van der Waals surface area contributed by atoms with E-state index in [0.717, 1.165) is 37.2 Å². The minimum absolute atomic E-state index is 0.0576. The molecule has 2 aliphatic heterocycles. The molecular formula is C16H21N3O2. The number of hydrogen-bond donors (Lipinski definition) is 1. The van der Waals surface area contributed by atoms with Crippen molar-refractivity contribution >= 4 is 17.6 Å². The van der Waals surface area contributed by atoms with Crippen LogP contribution in [0.3, 0.4) is 0 Å². The average molecular weight is 287 g/mol. The number of carbonyl (C=O) groups excluding carboxylic acids is 2. The molecule has 0 radical (unpaired) electrons. The average Bonchev–Trinajstić information content (AvgIpc) is 2.82. The third-order valence-corrected chi connectivity index (χ3v) is 4.50. The molecule has 3 rings (SSSR count). The predicted molar refractivity (Wildman–Crippen MR) is 81.2 cm³/mol. The molecule has 0 saturated carbocycles. The number of benzene rings is 1. The van der Waals surface area contributed by atoms with Crippen LogP contribution in [0.1, 0.15) is 24.3 Å². The number of hydrogen-bond acceptors (Lipinski definition) is 2. The Hall–Kier alpha value is -2.04. The van der Waals surface area contributed by atoms with Crippen LogP contribution in [-0.2, 0) is 4.79 Å². The van der Waals surface area contributed by atoms with Gasteiger partial charge in [-0.3, -0.25) is 4.79 Å². The van der Waals surface area contributed by atoms with Crippen LogP contribution >= 0.6 is 0 Å². The van der Waals surface area contributed by atoms with Crippen molar-refractivity contribution < 1.29 is 9.59 Å². The second-order valence-electron chi connectivity index (χ2n) is 6.06. The highest BCUT2D eigenvalue weighted by atomic mass is 16.2. The fourth-order valence-corrected chi connectivity index (χ4v) is 3.41. The summed E-state index contributed by atoms with van der Waals surface area (Å²) in [4.78, 5) is 27.7. The zero-order valence-electron chi connectivity index (χ0n) is 12.5. The highest BCUT2D eigenvalue weighted by Crippen LogP contribution is 2.41. The Morgan fingerprint density at radius 2 is 1.90 bits per heavy atom. The molecule has 5 heteroatoms. The van der Waals surface area contributed by atoms with Gasteiger partial charge in [0, 0.05) is 32.9 Å². The van der Waals surface area contributed by atoms with Crippen molar-refractivity contribution in [1.29, 1.82) is 0 Å². The molecule has 1 saturated heterocycles. The Morgan fingerprint density at radius 1 is 1.24 bits per heavy atom. The standard InChI is InChI=1S/C16H21N3O2/c1-18(2)16(21)19-9-7-11(8-10-19)14-12-5-3-4-6-13(12)17-15(14)20/h3-6,11,14H,7-10H2,1-2H3,(H,17,20)/t14-/m0/s1. The molecule has 2 heterocycles. The molecule has 0 spiro atoms. The Morgan fingerprint density at radius 3 is 2.57 bits per heavy atom. The number of nitrogens with one attached hydrogen (secondary N) is 1. The molecule has 1 aromatic carbocycles. The first-order chi connectivity index (χ1) is 10.1. The largest absolute Gasteiger partial charge is 0.331 e. The Balaban J connectivity index is 1.70. The summed E-state index contributed by atoms with van der Waals surface area (Å²) in [6.45, 7) is 1.46. The summed E-state index contributed by atoms with van der Waals surface area (Å²) in [5, 5.41) is 2.97. The number of piperidine rings is 1. The summed E-state index contributed by atoms with van der Waals surface area (Å²) in [5.74, 6) is 0.367. The van der Waals surface area contributed by atoms with Crippen molar-refractivity contribution in [3.05, 3.63) is 29.8 Å². The summed E-state index contributed by atoms with van der Waals surface area (Å²) in [6, 6.07) is 7.98. The molecule has 1 fully saturated rings. The van der Waals surface area contributed by atoms with E-state index in [4.69, 9.17) is 0 Å². The van der Waals surface area contributed by atoms with Crippen molar-refractivity contribution in [3.8, 4) is 0 Å². The number of rotatable bonds is 1. The first-order valence-electron chi connectivity index (χ1n) is 7.44. The zero-order valence-corrected chi connectivity index (χ0v) is 12.5. The van der Waals surface area contributed by atoms with E-state index in [9.17, 15) is 9.59 Å². The number of urea groups is 1. The van der Waals surface area contributed by atoms with Crippen LogP contribution in [0.5, 0.6) is 0 Å². The third-order valence-electron chi connectivity index (χ3n) is 4.50. The summed E-state index contributed by atoms with van der Waals surface area (Å²) in [7, 11) is 3.55. The topological polar surface area (TPSA) is 52.7 Å². The highest BCUT2D eigenvalue weighted by molar-refractivity contribution is 6.03. The van der Waals surface area contributed by atoms with E-state index in [1.807, 2.05) is 29.2 Å². The number of amides is 3. The minimum Gasteiger partial charge on any atom is -0.331 e. The number of nitrogens with zero attached hydrogens (tertiary/aromatic N) is 2. The van der Waals surface area contributed by atoms with Gasteiger partial charge in [0.05, 0.1) is 5.92 Å². The fraction of sp³-hybridized carbons (Fsp3) is 0.500. The van der Waals surface area contributed by atoms with Gasteiger partial charge in [0.1, 0.15) is 0 Å². The summed E-state index contributed by atoms with van der Waals surface area (Å²) < 4.78 is 0. The lowest BCUT2D eigenvalue weighted by Gasteiger charge is -2.35. The molecule has 1 atom stereocenters. The lowest BCUT2D eigenvalue weighted by molar-refractivity contribution is -0.118. The monoisotopic (exact) mass is 287 g/mol. The van der Waals surface area contributed by atoms with Gasteiger partial charge in [-0.05, 0) is 30.4 Å². The van der Waals surface area contributed by atoms with E-state index >= 15 is 0 Å². The second-order valence-corrected chi connectivity index (χ2v) is 6.06. The van der Waals surface area contributed by atoms with Crippen LogP contribution in [0.15, 0.2) is 24.3 Å². The number of fused-ring (bicyclic) bond motifs is 1. The van der Waals surface area contributed by atoms with Gasteiger partial charge >= 0.3 is 6.03 Å². The lowest BCUT2D eigenvalue weighted by Crippen LogP contribution is -2.45. The molecule has 0 unspecified atom stereocenters. The molecule has 21 heavy (non-hydrogen) atoms. The smallest absolute Gasteiger partial charge is 0.319 e. The van der Waals surface area contributed by atoms with Gasteiger partial charge in [-0.2, -0.15) is 0 Å². The quantitative estimate of drug-likeness (QED) is 0.860. The van der Waals surface area contributed by atoms with Crippen molar-refractivity contribution in [1.82, 2.24) is 9.80 Å². The van der Waals surface area contributed by atoms with Crippen LogP contribution in [0, 0.1) is 5.92 Å². The highest BCUT2D eigenvalue weighted by Gasteiger charge is 2.38. The van der Waals surface area contributed by atoms with Crippen LogP contribution in [0.25, 0.3) is 0 Å². The molecule has 1 N–H and O–H groups in total. The maximum Gasteiger partial charge on any atom is 0.319 e. The first kappa shape index (κ1) is 13.9. The molecule has 0 bridgehead atoms. The van der Waals surface area contributed by atoms with Gasteiger partial charge in [-0.25, -0.2) is 4.79 Å². The van der Waals surface area contributed by atoms with Crippen LogP contribution in [-0.4, -0.2) is 48.9 Å². The molecule has 0 aliphatic carbocycles. The molecule has 3 amide bonds. The van der Waals surface area contributed by atoms with Crippen molar-refractivity contribution in [2.24, 2.45) is 5.92 Å². The van der Waals surface area contributed by atoms with E-state index < -0.39 is 0 Å². The number of likely N-dealkylation sites (tertiary alicyclic amines) is 1. The molecule has 112 valence electrons. The Bertz CT molecular complexity index is 562. The van der Waals surface area contributed by atoms with Gasteiger partial charge in [-0.15, -0.1) is 0 Å². The van der Waals surface area contributed by atoms with Crippen LogP contribution in [0.2, 0.25) is 0 Å². The Kier molecular flexibility index (Phi) is 3.57. The Labute approximate surface area is 124 Å². The van der Waals surface area contributed by atoms with Gasteiger partial charge < -0.3 is 15.1 Å². The van der Waals surface area contributed by atoms with Crippen LogP contribution in [0.4, 0.5) is 10.5 Å². The maximum absolute atomic E-state index is 12.3. The number of carbonyl (C=O) groups is 2. The number of anilines is 1. The van der Waals surface area contributed by atoms with E-state index in [0.29, 0.717) is 5.92 Å². The maximum atomic E-state index is 12.3. The SMILES string of the molecule is CN(C)C(=O)N1CCC([C@@H]2C(=O)Nc3ccccc32)CC1. The summed E-state index contributed by atoms with van der Waals surface area (Å²) in [5.41, 5.74) is 2.05. The van der Waals surface area contributed by atoms with Crippen molar-refractivity contribution in [3.63, 3.8) is 0 Å². The fourth-order valence-electron chi connectivity index (χ4n) is 3.41. The molecular weight excluding hydrogens is 266 g/mol. The van der Waals surface area contributed by atoms with Gasteiger partial charge in [-0.1, -0.05) is 18.2 Å². The third kappa shape index (κ3) is 2.48. The van der Waals surface area contributed by atoms with E-state index in [2.05, 4.69) is 5.32 Å². The molecule has 5 nitrogen and oxygen atoms in total. The van der Waals surface area contributed by atoms with Gasteiger partial charge in [0.25, 0.3) is 0 Å². The predicted octanol–water partition coefficient (Wildman–Crippen LogP) is 2.12. The van der Waals surface area contributed by atoms with E-state index in [1.54, 1.807) is 19.0 Å². The minimum atomic E-state index is -0.0576. The zero-order chi connectivity index (χ0) is 15.0. The molecule has 2 aliphatic rings. The van der Waals surface area contributed by atoms with Gasteiger partial charge in [0.2, 0.25) is 5.91 Å². The molecule has 0 aromatic heterocycles. The van der Waals surface area contributed by atoms with Crippen molar-refractivity contribution in [2.45, 2.75) is 18.8 Å². The van der Waals surface area contributed by atoms with E-state index in [1.165, 1.54) is 0 Å².